The Bertz CT molecular complexity index is 692. The highest BCUT2D eigenvalue weighted by molar-refractivity contribution is 5.81. The van der Waals surface area contributed by atoms with Crippen LogP contribution in [-0.2, 0) is 4.79 Å². The van der Waals surface area contributed by atoms with Crippen LogP contribution in [0.4, 0.5) is 0 Å². The summed E-state index contributed by atoms with van der Waals surface area (Å²) in [6.07, 6.45) is 3.02. The molecule has 2 unspecified atom stereocenters. The first-order valence-corrected chi connectivity index (χ1v) is 11.1. The van der Waals surface area contributed by atoms with Crippen molar-refractivity contribution in [2.24, 2.45) is 4.99 Å². The van der Waals surface area contributed by atoms with Crippen molar-refractivity contribution < 1.29 is 9.53 Å². The highest BCUT2D eigenvalue weighted by Crippen LogP contribution is 2.18. The van der Waals surface area contributed by atoms with E-state index in [0.29, 0.717) is 6.54 Å². The van der Waals surface area contributed by atoms with E-state index in [1.54, 1.807) is 4.90 Å². The standard InChI is InChI=1S/C23H39N5O2/c1-6-24-23(26-17-19(3)30-20-11-7-10-18(2)16-20)25-13-9-15-28-14-8-12-21(28)22(29)27(4)5/h7,10-11,16,19,21H,6,8-9,12-15,17H2,1-5H3,(H2,24,25,26). The molecular formula is C23H39N5O2. The summed E-state index contributed by atoms with van der Waals surface area (Å²) in [4.78, 5) is 21.0. The fourth-order valence-corrected chi connectivity index (χ4v) is 3.68. The van der Waals surface area contributed by atoms with E-state index >= 15 is 0 Å². The number of hydrogen-bond donors (Lipinski definition) is 2. The van der Waals surface area contributed by atoms with E-state index in [-0.39, 0.29) is 18.1 Å². The van der Waals surface area contributed by atoms with Crippen LogP contribution in [0.1, 0.15) is 38.7 Å². The molecule has 7 heteroatoms. The second-order valence-electron chi connectivity index (χ2n) is 8.17. The van der Waals surface area contributed by atoms with Crippen LogP contribution >= 0.6 is 0 Å². The summed E-state index contributed by atoms with van der Waals surface area (Å²) in [6.45, 7) is 10.3. The van der Waals surface area contributed by atoms with Crippen LogP contribution in [-0.4, -0.2) is 80.6 Å². The molecule has 2 N–H and O–H groups in total. The highest BCUT2D eigenvalue weighted by Gasteiger charge is 2.30. The number of carbonyl (C=O) groups is 1. The average Bonchev–Trinajstić information content (AvgIpc) is 3.17. The molecule has 1 aromatic rings. The first kappa shape index (κ1) is 24.0. The summed E-state index contributed by atoms with van der Waals surface area (Å²) in [5, 5.41) is 6.69. The van der Waals surface area contributed by atoms with Gasteiger partial charge in [-0.15, -0.1) is 0 Å². The van der Waals surface area contributed by atoms with Gasteiger partial charge in [0.05, 0.1) is 12.6 Å². The van der Waals surface area contributed by atoms with Crippen molar-refractivity contribution in [2.45, 2.75) is 52.2 Å². The quantitative estimate of drug-likeness (QED) is 0.347. The van der Waals surface area contributed by atoms with Gasteiger partial charge in [0.1, 0.15) is 11.9 Å². The number of nitrogens with zero attached hydrogens (tertiary/aromatic N) is 3. The minimum Gasteiger partial charge on any atom is -0.489 e. The van der Waals surface area contributed by atoms with Crippen molar-refractivity contribution in [1.82, 2.24) is 20.4 Å². The molecule has 1 aromatic carbocycles. The Labute approximate surface area is 181 Å². The molecule has 30 heavy (non-hydrogen) atoms. The molecule has 1 heterocycles. The molecule has 1 aliphatic heterocycles. The molecule has 0 saturated carbocycles. The van der Waals surface area contributed by atoms with Crippen molar-refractivity contribution in [1.29, 1.82) is 0 Å². The molecule has 0 radical (unpaired) electrons. The molecule has 0 aromatic heterocycles. The molecule has 0 aliphatic carbocycles. The summed E-state index contributed by atoms with van der Waals surface area (Å²) in [7, 11) is 3.67. The monoisotopic (exact) mass is 417 g/mol. The number of aliphatic imine (C=N–C) groups is 1. The Morgan fingerprint density at radius 3 is 2.87 bits per heavy atom. The fraction of sp³-hybridized carbons (Fsp3) is 0.652. The minimum absolute atomic E-state index is 0.00957. The van der Waals surface area contributed by atoms with E-state index in [1.807, 2.05) is 39.2 Å². The second-order valence-corrected chi connectivity index (χ2v) is 8.17. The van der Waals surface area contributed by atoms with Crippen LogP contribution < -0.4 is 15.4 Å². The van der Waals surface area contributed by atoms with Crippen LogP contribution in [0.2, 0.25) is 0 Å². The third-order valence-electron chi connectivity index (χ3n) is 5.18. The van der Waals surface area contributed by atoms with Crippen LogP contribution in [0, 0.1) is 6.92 Å². The predicted molar refractivity (Wildman–Crippen MR) is 123 cm³/mol. The molecule has 1 amide bonds. The molecule has 168 valence electrons. The molecular weight excluding hydrogens is 378 g/mol. The lowest BCUT2D eigenvalue weighted by molar-refractivity contribution is -0.133. The number of benzene rings is 1. The Kier molecular flexibility index (Phi) is 9.94. The smallest absolute Gasteiger partial charge is 0.239 e. The maximum atomic E-state index is 12.3. The molecule has 0 spiro atoms. The predicted octanol–water partition coefficient (Wildman–Crippen LogP) is 2.26. The van der Waals surface area contributed by atoms with Gasteiger partial charge >= 0.3 is 0 Å². The summed E-state index contributed by atoms with van der Waals surface area (Å²) in [6, 6.07) is 8.12. The Morgan fingerprint density at radius 2 is 2.17 bits per heavy atom. The third kappa shape index (κ3) is 7.86. The van der Waals surface area contributed by atoms with Gasteiger partial charge in [-0.2, -0.15) is 0 Å². The van der Waals surface area contributed by atoms with E-state index < -0.39 is 0 Å². The molecule has 2 rings (SSSR count). The van der Waals surface area contributed by atoms with Gasteiger partial charge in [-0.25, -0.2) is 4.99 Å². The highest BCUT2D eigenvalue weighted by atomic mass is 16.5. The van der Waals surface area contributed by atoms with Crippen molar-refractivity contribution in [3.63, 3.8) is 0 Å². The van der Waals surface area contributed by atoms with Gasteiger partial charge in [0, 0.05) is 33.7 Å². The molecule has 0 bridgehead atoms. The molecule has 1 aliphatic rings. The van der Waals surface area contributed by atoms with Crippen LogP contribution in [0.5, 0.6) is 5.75 Å². The van der Waals surface area contributed by atoms with Gasteiger partial charge in [0.15, 0.2) is 5.96 Å². The zero-order chi connectivity index (χ0) is 21.9. The lowest BCUT2D eigenvalue weighted by Crippen LogP contribution is -2.44. The van der Waals surface area contributed by atoms with Gasteiger partial charge in [-0.1, -0.05) is 12.1 Å². The number of nitrogens with one attached hydrogen (secondary N) is 2. The zero-order valence-electron chi connectivity index (χ0n) is 19.3. The summed E-state index contributed by atoms with van der Waals surface area (Å²) < 4.78 is 5.97. The van der Waals surface area contributed by atoms with Crippen LogP contribution in [0.25, 0.3) is 0 Å². The van der Waals surface area contributed by atoms with E-state index in [9.17, 15) is 4.79 Å². The van der Waals surface area contributed by atoms with E-state index in [2.05, 4.69) is 40.4 Å². The van der Waals surface area contributed by atoms with Crippen molar-refractivity contribution in [3.05, 3.63) is 29.8 Å². The number of hydrogen-bond acceptors (Lipinski definition) is 4. The lowest BCUT2D eigenvalue weighted by Gasteiger charge is -2.26. The molecule has 1 fully saturated rings. The second kappa shape index (κ2) is 12.4. The van der Waals surface area contributed by atoms with Gasteiger partial charge < -0.3 is 20.3 Å². The topological polar surface area (TPSA) is 69.2 Å². The first-order valence-electron chi connectivity index (χ1n) is 11.1. The number of likely N-dealkylation sites (tertiary alicyclic amines) is 1. The molecule has 2 atom stereocenters. The Hall–Kier alpha value is -2.28. The first-order chi connectivity index (χ1) is 14.4. The number of likely N-dealkylation sites (N-methyl/N-ethyl adjacent to an activating group) is 1. The summed E-state index contributed by atoms with van der Waals surface area (Å²) >= 11 is 0. The van der Waals surface area contributed by atoms with Crippen molar-refractivity contribution >= 4 is 11.9 Å². The SMILES string of the molecule is CCNC(=NCC(C)Oc1cccc(C)c1)NCCCN1CCCC1C(=O)N(C)C. The zero-order valence-corrected chi connectivity index (χ0v) is 19.3. The molecule has 1 saturated heterocycles. The number of amides is 1. The summed E-state index contributed by atoms with van der Waals surface area (Å²) in [5.41, 5.74) is 1.19. The number of carbonyl (C=O) groups excluding carboxylic acids is 1. The Balaban J connectivity index is 1.76. The van der Waals surface area contributed by atoms with Gasteiger partial charge in [-0.3, -0.25) is 9.69 Å². The summed E-state index contributed by atoms with van der Waals surface area (Å²) in [5.74, 6) is 1.90. The van der Waals surface area contributed by atoms with Gasteiger partial charge in [0.25, 0.3) is 0 Å². The number of ether oxygens (including phenoxy) is 1. The Morgan fingerprint density at radius 1 is 1.37 bits per heavy atom. The van der Waals surface area contributed by atoms with E-state index in [4.69, 9.17) is 4.74 Å². The van der Waals surface area contributed by atoms with Crippen LogP contribution in [0.3, 0.4) is 0 Å². The van der Waals surface area contributed by atoms with Gasteiger partial charge in [0.2, 0.25) is 5.91 Å². The maximum Gasteiger partial charge on any atom is 0.239 e. The van der Waals surface area contributed by atoms with Gasteiger partial charge in [-0.05, 0) is 64.3 Å². The maximum absolute atomic E-state index is 12.3. The fourth-order valence-electron chi connectivity index (χ4n) is 3.68. The number of guanidine groups is 1. The number of aryl methyl sites for hydroxylation is 1. The third-order valence-corrected chi connectivity index (χ3v) is 5.18. The van der Waals surface area contributed by atoms with E-state index in [0.717, 1.165) is 57.2 Å². The van der Waals surface area contributed by atoms with Crippen LogP contribution in [0.15, 0.2) is 29.3 Å². The van der Waals surface area contributed by atoms with Crippen molar-refractivity contribution in [2.75, 3.05) is 46.8 Å². The normalized spacial score (nSPS) is 18.2. The average molecular weight is 418 g/mol. The van der Waals surface area contributed by atoms with E-state index in [1.165, 1.54) is 5.56 Å². The largest absolute Gasteiger partial charge is 0.489 e. The minimum atomic E-state index is -0.00957. The van der Waals surface area contributed by atoms with Crippen molar-refractivity contribution in [3.8, 4) is 5.75 Å². The lowest BCUT2D eigenvalue weighted by atomic mass is 10.2. The molecule has 7 nitrogen and oxygen atoms in total. The number of rotatable bonds is 10.